The van der Waals surface area contributed by atoms with Crippen LogP contribution in [-0.2, 0) is 13.1 Å². The van der Waals surface area contributed by atoms with Crippen LogP contribution in [0.2, 0.25) is 0 Å². The molecule has 1 N–H and O–H groups in total. The summed E-state index contributed by atoms with van der Waals surface area (Å²) >= 11 is 1.95. The monoisotopic (exact) mass is 224 g/mol. The lowest BCUT2D eigenvalue weighted by molar-refractivity contribution is 0.222. The van der Waals surface area contributed by atoms with Crippen molar-refractivity contribution in [1.82, 2.24) is 10.2 Å². The van der Waals surface area contributed by atoms with Crippen molar-refractivity contribution in [2.24, 2.45) is 0 Å². The van der Waals surface area contributed by atoms with Gasteiger partial charge in [0.05, 0.1) is 0 Å². The Balaban J connectivity index is 1.86. The highest BCUT2D eigenvalue weighted by molar-refractivity contribution is 7.11. The average molecular weight is 224 g/mol. The largest absolute Gasteiger partial charge is 0.315 e. The molecule has 0 aliphatic carbocycles. The van der Waals surface area contributed by atoms with E-state index in [1.165, 1.54) is 42.1 Å². The molecule has 1 aliphatic heterocycles. The molecule has 0 radical (unpaired) electrons. The molecule has 84 valence electrons. The molecule has 0 atom stereocenters. The van der Waals surface area contributed by atoms with Gasteiger partial charge in [-0.2, -0.15) is 0 Å². The van der Waals surface area contributed by atoms with Crippen LogP contribution in [0.3, 0.4) is 0 Å². The van der Waals surface area contributed by atoms with Crippen LogP contribution in [-0.4, -0.2) is 25.0 Å². The Morgan fingerprint density at radius 3 is 2.67 bits per heavy atom. The molecular weight excluding hydrogens is 204 g/mol. The standard InChI is InChI=1S/C12H20N2S/c1-13-9-11-5-6-12(15-11)10-14-7-3-2-4-8-14/h5-6,13H,2-4,7-10H2,1H3. The summed E-state index contributed by atoms with van der Waals surface area (Å²) in [5.41, 5.74) is 0. The summed E-state index contributed by atoms with van der Waals surface area (Å²) in [6.07, 6.45) is 4.19. The average Bonchev–Trinajstić information content (AvgIpc) is 2.68. The Morgan fingerprint density at radius 2 is 1.93 bits per heavy atom. The van der Waals surface area contributed by atoms with Crippen molar-refractivity contribution < 1.29 is 0 Å². The minimum atomic E-state index is 1.00. The smallest absolute Gasteiger partial charge is 0.0328 e. The van der Waals surface area contributed by atoms with Gasteiger partial charge in [0.25, 0.3) is 0 Å². The van der Waals surface area contributed by atoms with E-state index in [9.17, 15) is 0 Å². The maximum absolute atomic E-state index is 3.20. The summed E-state index contributed by atoms with van der Waals surface area (Å²) in [6.45, 7) is 4.75. The molecule has 2 heterocycles. The van der Waals surface area contributed by atoms with Gasteiger partial charge in [-0.15, -0.1) is 11.3 Å². The number of hydrogen-bond donors (Lipinski definition) is 1. The number of thiophene rings is 1. The number of piperidine rings is 1. The summed E-state index contributed by atoms with van der Waals surface area (Å²) in [7, 11) is 2.00. The predicted octanol–water partition coefficient (Wildman–Crippen LogP) is 2.45. The number of nitrogens with zero attached hydrogens (tertiary/aromatic N) is 1. The first-order valence-corrected chi connectivity index (χ1v) is 6.64. The van der Waals surface area contributed by atoms with Crippen molar-refractivity contribution >= 4 is 11.3 Å². The Kier molecular flexibility index (Phi) is 4.18. The van der Waals surface area contributed by atoms with Crippen molar-refractivity contribution in [2.75, 3.05) is 20.1 Å². The van der Waals surface area contributed by atoms with E-state index in [2.05, 4.69) is 22.3 Å². The summed E-state index contributed by atoms with van der Waals surface area (Å²) in [6, 6.07) is 4.53. The third-order valence-electron chi connectivity index (χ3n) is 2.90. The topological polar surface area (TPSA) is 15.3 Å². The molecule has 0 unspecified atom stereocenters. The third-order valence-corrected chi connectivity index (χ3v) is 3.97. The van der Waals surface area contributed by atoms with Crippen molar-refractivity contribution in [3.05, 3.63) is 21.9 Å². The van der Waals surface area contributed by atoms with Gasteiger partial charge in [-0.3, -0.25) is 4.90 Å². The quantitative estimate of drug-likeness (QED) is 0.845. The van der Waals surface area contributed by atoms with Crippen LogP contribution in [0.15, 0.2) is 12.1 Å². The molecular formula is C12H20N2S. The molecule has 1 saturated heterocycles. The Bertz CT molecular complexity index is 290. The van der Waals surface area contributed by atoms with Gasteiger partial charge in [0.1, 0.15) is 0 Å². The lowest BCUT2D eigenvalue weighted by atomic mass is 10.1. The van der Waals surface area contributed by atoms with Gasteiger partial charge >= 0.3 is 0 Å². The Morgan fingerprint density at radius 1 is 1.20 bits per heavy atom. The molecule has 1 aromatic rings. The summed E-state index contributed by atoms with van der Waals surface area (Å²) in [4.78, 5) is 5.55. The zero-order valence-electron chi connectivity index (χ0n) is 9.46. The minimum Gasteiger partial charge on any atom is -0.315 e. The third kappa shape index (κ3) is 3.30. The highest BCUT2D eigenvalue weighted by Crippen LogP contribution is 2.20. The van der Waals surface area contributed by atoms with Crippen LogP contribution in [0.4, 0.5) is 0 Å². The first-order valence-electron chi connectivity index (χ1n) is 5.83. The number of nitrogens with one attached hydrogen (secondary N) is 1. The lowest BCUT2D eigenvalue weighted by Gasteiger charge is -2.25. The van der Waals surface area contributed by atoms with E-state index < -0.39 is 0 Å². The summed E-state index contributed by atoms with van der Waals surface area (Å²) in [5, 5.41) is 3.20. The molecule has 1 aromatic heterocycles. The molecule has 2 nitrogen and oxygen atoms in total. The number of likely N-dealkylation sites (tertiary alicyclic amines) is 1. The Hall–Kier alpha value is -0.380. The van der Waals surface area contributed by atoms with Crippen molar-refractivity contribution in [3.63, 3.8) is 0 Å². The molecule has 0 amide bonds. The highest BCUT2D eigenvalue weighted by atomic mass is 32.1. The minimum absolute atomic E-state index is 1.00. The maximum atomic E-state index is 3.20. The molecule has 0 saturated carbocycles. The van der Waals surface area contributed by atoms with E-state index in [4.69, 9.17) is 0 Å². The fourth-order valence-corrected chi connectivity index (χ4v) is 3.19. The lowest BCUT2D eigenvalue weighted by Crippen LogP contribution is -2.28. The summed E-state index contributed by atoms with van der Waals surface area (Å²) in [5.74, 6) is 0. The normalized spacial score (nSPS) is 18.2. The fraction of sp³-hybridized carbons (Fsp3) is 0.667. The van der Waals surface area contributed by atoms with E-state index in [0.29, 0.717) is 0 Å². The van der Waals surface area contributed by atoms with Crippen molar-refractivity contribution in [3.8, 4) is 0 Å². The van der Waals surface area contributed by atoms with E-state index in [1.54, 1.807) is 0 Å². The second kappa shape index (κ2) is 5.64. The second-order valence-electron chi connectivity index (χ2n) is 4.24. The molecule has 0 spiro atoms. The van der Waals surface area contributed by atoms with Crippen LogP contribution in [0.25, 0.3) is 0 Å². The summed E-state index contributed by atoms with van der Waals surface area (Å²) < 4.78 is 0. The van der Waals surface area contributed by atoms with Gasteiger partial charge in [-0.25, -0.2) is 0 Å². The molecule has 0 bridgehead atoms. The van der Waals surface area contributed by atoms with Gasteiger partial charge in [0.15, 0.2) is 0 Å². The fourth-order valence-electron chi connectivity index (χ4n) is 2.11. The van der Waals surface area contributed by atoms with Gasteiger partial charge in [-0.1, -0.05) is 6.42 Å². The van der Waals surface area contributed by atoms with Crippen LogP contribution in [0, 0.1) is 0 Å². The van der Waals surface area contributed by atoms with E-state index in [0.717, 1.165) is 13.1 Å². The molecule has 0 aromatic carbocycles. The molecule has 1 aliphatic rings. The van der Waals surface area contributed by atoms with Crippen LogP contribution in [0.1, 0.15) is 29.0 Å². The van der Waals surface area contributed by atoms with E-state index in [-0.39, 0.29) is 0 Å². The van der Waals surface area contributed by atoms with Gasteiger partial charge in [0, 0.05) is 22.8 Å². The van der Waals surface area contributed by atoms with Gasteiger partial charge in [-0.05, 0) is 45.1 Å². The van der Waals surface area contributed by atoms with Gasteiger partial charge < -0.3 is 5.32 Å². The maximum Gasteiger partial charge on any atom is 0.0328 e. The van der Waals surface area contributed by atoms with Crippen LogP contribution in [0.5, 0.6) is 0 Å². The number of rotatable bonds is 4. The zero-order valence-corrected chi connectivity index (χ0v) is 10.3. The second-order valence-corrected chi connectivity index (χ2v) is 5.49. The first kappa shape index (κ1) is 11.1. The SMILES string of the molecule is CNCc1ccc(CN2CCCCC2)s1. The first-order chi connectivity index (χ1) is 7.38. The van der Waals surface area contributed by atoms with Gasteiger partial charge in [0.2, 0.25) is 0 Å². The van der Waals surface area contributed by atoms with Crippen LogP contribution >= 0.6 is 11.3 Å². The highest BCUT2D eigenvalue weighted by Gasteiger charge is 2.11. The molecule has 3 heteroatoms. The predicted molar refractivity (Wildman–Crippen MR) is 66.2 cm³/mol. The van der Waals surface area contributed by atoms with E-state index in [1.807, 2.05) is 18.4 Å². The van der Waals surface area contributed by atoms with Crippen molar-refractivity contribution in [2.45, 2.75) is 32.4 Å². The Labute approximate surface area is 96.3 Å². The van der Waals surface area contributed by atoms with Crippen LogP contribution < -0.4 is 5.32 Å². The number of hydrogen-bond acceptors (Lipinski definition) is 3. The molecule has 15 heavy (non-hydrogen) atoms. The van der Waals surface area contributed by atoms with Crippen molar-refractivity contribution in [1.29, 1.82) is 0 Å². The molecule has 2 rings (SSSR count). The zero-order chi connectivity index (χ0) is 10.5. The van der Waals surface area contributed by atoms with E-state index >= 15 is 0 Å². The molecule has 1 fully saturated rings.